The van der Waals surface area contributed by atoms with Crippen molar-refractivity contribution in [3.05, 3.63) is 4.73 Å². The van der Waals surface area contributed by atoms with E-state index in [0.717, 1.165) is 24.4 Å². The molecular weight excluding hydrogens is 288 g/mol. The minimum absolute atomic E-state index is 0.234. The van der Waals surface area contributed by atoms with Crippen LogP contribution in [0.3, 0.4) is 0 Å². The topological polar surface area (TPSA) is 92.9 Å². The van der Waals surface area contributed by atoms with Crippen LogP contribution in [0.2, 0.25) is 0 Å². The number of aromatic amines is 1. The number of fused-ring (bicyclic) bond motifs is 1. The molecule has 0 bridgehead atoms. The SMILES string of the molecule is Nc1nc(N2CCOCC2)c2[nH]c(Br)nc2n1. The van der Waals surface area contributed by atoms with Gasteiger partial charge in [0.25, 0.3) is 0 Å². The van der Waals surface area contributed by atoms with Crippen LogP contribution in [-0.2, 0) is 4.74 Å². The number of halogens is 1. The molecule has 8 heteroatoms. The number of morpholine rings is 1. The first-order valence-corrected chi connectivity index (χ1v) is 6.05. The summed E-state index contributed by atoms with van der Waals surface area (Å²) >= 11 is 3.29. The zero-order valence-corrected chi connectivity index (χ0v) is 10.6. The fourth-order valence-electron chi connectivity index (χ4n) is 1.87. The van der Waals surface area contributed by atoms with Crippen LogP contribution >= 0.6 is 15.9 Å². The highest BCUT2D eigenvalue weighted by Gasteiger charge is 2.18. The highest BCUT2D eigenvalue weighted by Crippen LogP contribution is 2.24. The van der Waals surface area contributed by atoms with Crippen LogP contribution in [0.25, 0.3) is 11.2 Å². The quantitative estimate of drug-likeness (QED) is 0.746. The van der Waals surface area contributed by atoms with E-state index >= 15 is 0 Å². The number of ether oxygens (including phenoxy) is 1. The minimum atomic E-state index is 0.234. The highest BCUT2D eigenvalue weighted by atomic mass is 79.9. The van der Waals surface area contributed by atoms with Gasteiger partial charge in [-0.05, 0) is 15.9 Å². The largest absolute Gasteiger partial charge is 0.378 e. The lowest BCUT2D eigenvalue weighted by atomic mass is 10.4. The van der Waals surface area contributed by atoms with Crippen LogP contribution < -0.4 is 10.6 Å². The third kappa shape index (κ3) is 1.93. The van der Waals surface area contributed by atoms with E-state index in [2.05, 4.69) is 40.8 Å². The van der Waals surface area contributed by atoms with Crippen molar-refractivity contribution in [1.29, 1.82) is 0 Å². The molecule has 1 aliphatic rings. The number of nitrogens with one attached hydrogen (secondary N) is 1. The Bertz CT molecular complexity index is 550. The number of imidazole rings is 1. The van der Waals surface area contributed by atoms with Crippen LogP contribution in [0, 0.1) is 0 Å². The number of nitrogens with two attached hydrogens (primary N) is 1. The monoisotopic (exact) mass is 298 g/mol. The maximum Gasteiger partial charge on any atom is 0.224 e. The Labute approximate surface area is 106 Å². The molecule has 3 N–H and O–H groups in total. The molecule has 0 aromatic carbocycles. The first-order chi connectivity index (χ1) is 8.24. The zero-order valence-electron chi connectivity index (χ0n) is 8.98. The molecule has 0 radical (unpaired) electrons. The molecule has 0 aliphatic carbocycles. The molecule has 17 heavy (non-hydrogen) atoms. The van der Waals surface area contributed by atoms with Gasteiger partial charge < -0.3 is 20.4 Å². The van der Waals surface area contributed by atoms with Crippen LogP contribution in [0.4, 0.5) is 11.8 Å². The Hall–Kier alpha value is -1.41. The minimum Gasteiger partial charge on any atom is -0.378 e. The molecule has 2 aromatic heterocycles. The number of rotatable bonds is 1. The van der Waals surface area contributed by atoms with Crippen molar-refractivity contribution >= 4 is 38.9 Å². The van der Waals surface area contributed by atoms with Gasteiger partial charge in [-0.15, -0.1) is 0 Å². The van der Waals surface area contributed by atoms with E-state index in [4.69, 9.17) is 10.5 Å². The van der Waals surface area contributed by atoms with E-state index < -0.39 is 0 Å². The smallest absolute Gasteiger partial charge is 0.224 e. The van der Waals surface area contributed by atoms with Gasteiger partial charge in [-0.3, -0.25) is 0 Å². The second-order valence-electron chi connectivity index (χ2n) is 3.73. The summed E-state index contributed by atoms with van der Waals surface area (Å²) in [5.41, 5.74) is 7.07. The van der Waals surface area contributed by atoms with E-state index in [-0.39, 0.29) is 5.95 Å². The number of hydrogen-bond donors (Lipinski definition) is 2. The summed E-state index contributed by atoms with van der Waals surface area (Å²) in [4.78, 5) is 17.8. The van der Waals surface area contributed by atoms with E-state index in [1.54, 1.807) is 0 Å². The molecule has 3 rings (SSSR count). The standard InChI is InChI=1S/C9H11BrN6O/c10-8-12-5-6(13-8)14-9(11)15-7(5)16-1-3-17-4-2-16/h1-4H2,(H3,11,12,13,14,15). The Balaban J connectivity index is 2.12. The van der Waals surface area contributed by atoms with Gasteiger partial charge in [-0.25, -0.2) is 4.98 Å². The average Bonchev–Trinajstić information content (AvgIpc) is 2.69. The Morgan fingerprint density at radius 2 is 2.00 bits per heavy atom. The van der Waals surface area contributed by atoms with E-state index in [0.29, 0.717) is 23.6 Å². The number of hydrogen-bond acceptors (Lipinski definition) is 6. The van der Waals surface area contributed by atoms with Gasteiger partial charge in [0.15, 0.2) is 16.2 Å². The third-order valence-electron chi connectivity index (χ3n) is 2.63. The van der Waals surface area contributed by atoms with Crippen molar-refractivity contribution in [3.63, 3.8) is 0 Å². The summed E-state index contributed by atoms with van der Waals surface area (Å²) in [6.45, 7) is 2.98. The average molecular weight is 299 g/mol. The molecule has 0 amide bonds. The Kier molecular flexibility index (Phi) is 2.60. The summed E-state index contributed by atoms with van der Waals surface area (Å²) in [6.07, 6.45) is 0. The molecule has 1 aliphatic heterocycles. The molecule has 3 heterocycles. The van der Waals surface area contributed by atoms with Gasteiger partial charge in [-0.1, -0.05) is 0 Å². The predicted octanol–water partition coefficient (Wildman–Crippen LogP) is 0.534. The number of H-pyrrole nitrogens is 1. The van der Waals surface area contributed by atoms with Crippen LogP contribution in [-0.4, -0.2) is 46.2 Å². The van der Waals surface area contributed by atoms with Crippen molar-refractivity contribution in [3.8, 4) is 0 Å². The van der Waals surface area contributed by atoms with Crippen molar-refractivity contribution < 1.29 is 4.74 Å². The van der Waals surface area contributed by atoms with Crippen LogP contribution in [0.1, 0.15) is 0 Å². The fourth-order valence-corrected chi connectivity index (χ4v) is 2.24. The van der Waals surface area contributed by atoms with Gasteiger partial charge in [0.1, 0.15) is 5.52 Å². The lowest BCUT2D eigenvalue weighted by Crippen LogP contribution is -2.37. The molecule has 1 saturated heterocycles. The van der Waals surface area contributed by atoms with Crippen LogP contribution in [0.15, 0.2) is 4.73 Å². The molecule has 0 saturated carbocycles. The maximum atomic E-state index is 5.69. The van der Waals surface area contributed by atoms with Gasteiger partial charge in [0.2, 0.25) is 5.95 Å². The van der Waals surface area contributed by atoms with Gasteiger partial charge in [0, 0.05) is 13.1 Å². The summed E-state index contributed by atoms with van der Waals surface area (Å²) < 4.78 is 5.94. The fraction of sp³-hybridized carbons (Fsp3) is 0.444. The summed E-state index contributed by atoms with van der Waals surface area (Å²) in [5, 5.41) is 0. The lowest BCUT2D eigenvalue weighted by molar-refractivity contribution is 0.122. The number of aromatic nitrogens is 4. The number of nitrogens with zero attached hydrogens (tertiary/aromatic N) is 4. The van der Waals surface area contributed by atoms with E-state index in [1.165, 1.54) is 0 Å². The lowest BCUT2D eigenvalue weighted by Gasteiger charge is -2.27. The Morgan fingerprint density at radius 3 is 2.76 bits per heavy atom. The van der Waals surface area contributed by atoms with Crippen molar-refractivity contribution in [1.82, 2.24) is 19.9 Å². The molecule has 2 aromatic rings. The second kappa shape index (κ2) is 4.11. The van der Waals surface area contributed by atoms with E-state index in [1.807, 2.05) is 0 Å². The Morgan fingerprint density at radius 1 is 1.24 bits per heavy atom. The summed E-state index contributed by atoms with van der Waals surface area (Å²) in [6, 6.07) is 0. The highest BCUT2D eigenvalue weighted by molar-refractivity contribution is 9.10. The van der Waals surface area contributed by atoms with Gasteiger partial charge in [0.05, 0.1) is 13.2 Å². The van der Waals surface area contributed by atoms with Crippen LogP contribution in [0.5, 0.6) is 0 Å². The van der Waals surface area contributed by atoms with Crippen molar-refractivity contribution in [2.75, 3.05) is 36.9 Å². The molecular formula is C9H11BrN6O. The first-order valence-electron chi connectivity index (χ1n) is 5.25. The second-order valence-corrected chi connectivity index (χ2v) is 4.48. The molecule has 0 unspecified atom stereocenters. The molecule has 1 fully saturated rings. The molecule has 90 valence electrons. The number of nitrogen functional groups attached to an aromatic ring is 1. The first kappa shape index (κ1) is 10.7. The maximum absolute atomic E-state index is 5.69. The molecule has 0 atom stereocenters. The van der Waals surface area contributed by atoms with Gasteiger partial charge >= 0.3 is 0 Å². The zero-order chi connectivity index (χ0) is 11.8. The normalized spacial score (nSPS) is 16.6. The molecule has 7 nitrogen and oxygen atoms in total. The summed E-state index contributed by atoms with van der Waals surface area (Å²) in [5.74, 6) is 1.02. The van der Waals surface area contributed by atoms with Crippen molar-refractivity contribution in [2.45, 2.75) is 0 Å². The predicted molar refractivity (Wildman–Crippen MR) is 66.8 cm³/mol. The van der Waals surface area contributed by atoms with E-state index in [9.17, 15) is 0 Å². The van der Waals surface area contributed by atoms with Crippen molar-refractivity contribution in [2.24, 2.45) is 0 Å². The summed E-state index contributed by atoms with van der Waals surface area (Å²) in [7, 11) is 0. The molecule has 0 spiro atoms. The third-order valence-corrected chi connectivity index (χ3v) is 3.01. The van der Waals surface area contributed by atoms with Gasteiger partial charge in [-0.2, -0.15) is 9.97 Å². The number of anilines is 2.